The largest absolute Gasteiger partial charge is 0.486 e. The molecule has 0 bridgehead atoms. The van der Waals surface area contributed by atoms with Crippen molar-refractivity contribution in [2.75, 3.05) is 39.4 Å². The van der Waals surface area contributed by atoms with E-state index in [2.05, 4.69) is 29.2 Å². The number of rotatable bonds is 5. The average molecular weight is 449 g/mol. The van der Waals surface area contributed by atoms with Crippen LogP contribution in [0.5, 0.6) is 11.5 Å². The zero-order valence-corrected chi connectivity index (χ0v) is 19.1. The van der Waals surface area contributed by atoms with E-state index in [9.17, 15) is 9.59 Å². The average Bonchev–Trinajstić information content (AvgIpc) is 2.88. The molecular weight excluding hydrogens is 416 g/mol. The van der Waals surface area contributed by atoms with Gasteiger partial charge in [-0.15, -0.1) is 0 Å². The van der Waals surface area contributed by atoms with E-state index >= 15 is 0 Å². The lowest BCUT2D eigenvalue weighted by molar-refractivity contribution is -0.138. The van der Waals surface area contributed by atoms with Crippen LogP contribution in [0.15, 0.2) is 48.5 Å². The van der Waals surface area contributed by atoms with Crippen molar-refractivity contribution in [2.45, 2.75) is 32.2 Å². The van der Waals surface area contributed by atoms with Crippen LogP contribution in [0.25, 0.3) is 0 Å². The molecule has 1 atom stereocenters. The number of Topliss-reactive ketones (excluding diaryl/α,β-unsaturated/α-hetero) is 1. The third-order valence-corrected chi connectivity index (χ3v) is 7.11. The molecule has 2 aromatic rings. The maximum absolute atomic E-state index is 13.2. The topological polar surface area (TPSA) is 59.1 Å². The minimum absolute atomic E-state index is 0.0439. The van der Waals surface area contributed by atoms with E-state index in [1.807, 2.05) is 23.1 Å². The molecule has 2 saturated heterocycles. The highest BCUT2D eigenvalue weighted by Crippen LogP contribution is 2.33. The number of carbonyl (C=O) groups excluding carboxylic acids is 2. The summed E-state index contributed by atoms with van der Waals surface area (Å²) < 4.78 is 11.2. The predicted molar refractivity (Wildman–Crippen MR) is 126 cm³/mol. The van der Waals surface area contributed by atoms with Gasteiger partial charge in [0.05, 0.1) is 5.92 Å². The molecule has 5 rings (SSSR count). The molecule has 0 aromatic heterocycles. The van der Waals surface area contributed by atoms with Gasteiger partial charge in [-0.3, -0.25) is 14.5 Å². The highest BCUT2D eigenvalue weighted by molar-refractivity contribution is 5.98. The fraction of sp³-hybridized carbons (Fsp3) is 0.481. The first-order valence-electron chi connectivity index (χ1n) is 12.2. The van der Waals surface area contributed by atoms with Crippen molar-refractivity contribution in [1.29, 1.82) is 0 Å². The van der Waals surface area contributed by atoms with Crippen LogP contribution in [0.1, 0.15) is 41.6 Å². The summed E-state index contributed by atoms with van der Waals surface area (Å²) in [6.07, 6.45) is 3.46. The van der Waals surface area contributed by atoms with Crippen molar-refractivity contribution >= 4 is 11.7 Å². The lowest BCUT2D eigenvalue weighted by Gasteiger charge is -2.37. The van der Waals surface area contributed by atoms with Crippen molar-refractivity contribution in [1.82, 2.24) is 9.80 Å². The zero-order chi connectivity index (χ0) is 22.6. The molecule has 3 aliphatic rings. The standard InChI is InChI=1S/C27H32N2O4/c30-26(22-8-9-24-25(17-22)33-16-15-32-24)21-10-13-29(14-11-21)27(31)23-7-4-12-28(19-23)18-20-5-2-1-3-6-20/h1-3,5-6,8-9,17,21,23H,4,7,10-16,18-19H2. The van der Waals surface area contributed by atoms with Gasteiger partial charge in [0, 0.05) is 37.7 Å². The Balaban J connectivity index is 1.14. The number of amides is 1. The molecule has 0 N–H and O–H groups in total. The first-order valence-corrected chi connectivity index (χ1v) is 12.2. The van der Waals surface area contributed by atoms with Crippen molar-refractivity contribution in [3.63, 3.8) is 0 Å². The second-order valence-corrected chi connectivity index (χ2v) is 9.38. The Morgan fingerprint density at radius 2 is 1.61 bits per heavy atom. The van der Waals surface area contributed by atoms with Crippen LogP contribution >= 0.6 is 0 Å². The summed E-state index contributed by atoms with van der Waals surface area (Å²) in [5, 5.41) is 0. The van der Waals surface area contributed by atoms with Crippen LogP contribution in [0.4, 0.5) is 0 Å². The van der Waals surface area contributed by atoms with Crippen LogP contribution in [0.2, 0.25) is 0 Å². The number of hydrogen-bond donors (Lipinski definition) is 0. The number of likely N-dealkylation sites (tertiary alicyclic amines) is 2. The third-order valence-electron chi connectivity index (χ3n) is 7.11. The van der Waals surface area contributed by atoms with E-state index < -0.39 is 0 Å². The summed E-state index contributed by atoms with van der Waals surface area (Å²) in [5.41, 5.74) is 1.97. The summed E-state index contributed by atoms with van der Waals surface area (Å²) in [4.78, 5) is 30.7. The highest BCUT2D eigenvalue weighted by Gasteiger charge is 2.33. The first-order chi connectivity index (χ1) is 16.2. The number of ether oxygens (including phenoxy) is 2. The fourth-order valence-electron chi connectivity index (χ4n) is 5.29. The number of carbonyl (C=O) groups is 2. The normalized spacial score (nSPS) is 21.6. The number of fused-ring (bicyclic) bond motifs is 1. The van der Waals surface area contributed by atoms with Gasteiger partial charge in [-0.25, -0.2) is 0 Å². The van der Waals surface area contributed by atoms with E-state index in [0.717, 1.165) is 45.3 Å². The summed E-state index contributed by atoms with van der Waals surface area (Å²) in [6, 6.07) is 15.9. The molecule has 0 saturated carbocycles. The molecule has 1 unspecified atom stereocenters. The van der Waals surface area contributed by atoms with Crippen LogP contribution < -0.4 is 9.47 Å². The Morgan fingerprint density at radius 3 is 2.39 bits per heavy atom. The van der Waals surface area contributed by atoms with Gasteiger partial charge < -0.3 is 14.4 Å². The Hall–Kier alpha value is -2.86. The molecule has 2 aromatic carbocycles. The minimum Gasteiger partial charge on any atom is -0.486 e. The second-order valence-electron chi connectivity index (χ2n) is 9.38. The summed E-state index contributed by atoms with van der Waals surface area (Å²) in [7, 11) is 0. The van der Waals surface area contributed by atoms with Crippen molar-refractivity contribution in [3.05, 3.63) is 59.7 Å². The maximum Gasteiger partial charge on any atom is 0.226 e. The molecule has 0 radical (unpaired) electrons. The fourth-order valence-corrected chi connectivity index (χ4v) is 5.29. The van der Waals surface area contributed by atoms with E-state index in [1.54, 1.807) is 6.07 Å². The lowest BCUT2D eigenvalue weighted by Crippen LogP contribution is -2.47. The molecule has 1 amide bonds. The van der Waals surface area contributed by atoms with E-state index in [1.165, 1.54) is 5.56 Å². The summed E-state index contributed by atoms with van der Waals surface area (Å²) >= 11 is 0. The van der Waals surface area contributed by atoms with Gasteiger partial charge in [-0.2, -0.15) is 0 Å². The van der Waals surface area contributed by atoms with Gasteiger partial charge in [-0.05, 0) is 56.0 Å². The number of piperidine rings is 2. The van der Waals surface area contributed by atoms with Gasteiger partial charge in [0.15, 0.2) is 17.3 Å². The number of hydrogen-bond acceptors (Lipinski definition) is 5. The van der Waals surface area contributed by atoms with E-state index in [0.29, 0.717) is 43.4 Å². The van der Waals surface area contributed by atoms with E-state index in [4.69, 9.17) is 9.47 Å². The Labute approximate surface area is 195 Å². The molecular formula is C27H32N2O4. The maximum atomic E-state index is 13.2. The van der Waals surface area contributed by atoms with Crippen LogP contribution in [-0.4, -0.2) is 60.9 Å². The molecule has 33 heavy (non-hydrogen) atoms. The van der Waals surface area contributed by atoms with Crippen LogP contribution in [0, 0.1) is 11.8 Å². The van der Waals surface area contributed by atoms with Gasteiger partial charge >= 0.3 is 0 Å². The Kier molecular flexibility index (Phi) is 6.63. The SMILES string of the molecule is O=C(c1ccc2c(c1)OCCO2)C1CCN(C(=O)C2CCCN(Cc3ccccc3)C2)CC1. The van der Waals surface area contributed by atoms with Gasteiger partial charge in [0.2, 0.25) is 5.91 Å². The Bertz CT molecular complexity index is 985. The molecule has 6 nitrogen and oxygen atoms in total. The Morgan fingerprint density at radius 1 is 0.848 bits per heavy atom. The van der Waals surface area contributed by atoms with Crippen molar-refractivity contribution in [3.8, 4) is 11.5 Å². The lowest BCUT2D eigenvalue weighted by atomic mass is 9.87. The third kappa shape index (κ3) is 5.06. The monoisotopic (exact) mass is 448 g/mol. The molecule has 0 aliphatic carbocycles. The molecule has 3 heterocycles. The van der Waals surface area contributed by atoms with Crippen molar-refractivity contribution < 1.29 is 19.1 Å². The first kappa shape index (κ1) is 22.0. The molecule has 174 valence electrons. The number of nitrogens with zero attached hydrogens (tertiary/aromatic N) is 2. The summed E-state index contributed by atoms with van der Waals surface area (Å²) in [6.45, 7) is 5.14. The van der Waals surface area contributed by atoms with Gasteiger partial charge in [0.1, 0.15) is 13.2 Å². The van der Waals surface area contributed by atoms with Crippen molar-refractivity contribution in [2.24, 2.45) is 11.8 Å². The molecule has 0 spiro atoms. The second kappa shape index (κ2) is 9.96. The molecule has 2 fully saturated rings. The quantitative estimate of drug-likeness (QED) is 0.652. The number of ketones is 1. The van der Waals surface area contributed by atoms with Gasteiger partial charge in [0.25, 0.3) is 0 Å². The molecule has 6 heteroatoms. The zero-order valence-electron chi connectivity index (χ0n) is 19.1. The molecule has 3 aliphatic heterocycles. The number of benzene rings is 2. The minimum atomic E-state index is -0.0439. The van der Waals surface area contributed by atoms with E-state index in [-0.39, 0.29) is 23.5 Å². The predicted octanol–water partition coefficient (Wildman–Crippen LogP) is 3.79. The highest BCUT2D eigenvalue weighted by atomic mass is 16.6. The van der Waals surface area contributed by atoms with Crippen LogP contribution in [0.3, 0.4) is 0 Å². The smallest absolute Gasteiger partial charge is 0.226 e. The van der Waals surface area contributed by atoms with Crippen LogP contribution in [-0.2, 0) is 11.3 Å². The summed E-state index contributed by atoms with van der Waals surface area (Å²) in [5.74, 6) is 1.78. The van der Waals surface area contributed by atoms with Gasteiger partial charge in [-0.1, -0.05) is 30.3 Å².